The summed E-state index contributed by atoms with van der Waals surface area (Å²) in [5.41, 5.74) is 10.9. The highest BCUT2D eigenvalue weighted by Gasteiger charge is 2.53. The molecular formula is C20H23F2N10O7PS2. The van der Waals surface area contributed by atoms with Gasteiger partial charge in [0.1, 0.15) is 48.3 Å². The molecule has 0 spiro atoms. The van der Waals surface area contributed by atoms with E-state index in [4.69, 9.17) is 37.1 Å². The molecule has 0 amide bonds. The van der Waals surface area contributed by atoms with E-state index in [0.29, 0.717) is 0 Å². The summed E-state index contributed by atoms with van der Waals surface area (Å²) < 4.78 is 50.0. The Kier molecular flexibility index (Phi) is 7.43. The lowest BCUT2D eigenvalue weighted by atomic mass is 10.1. The van der Waals surface area contributed by atoms with Crippen molar-refractivity contribution in [3.8, 4) is 0 Å². The molecule has 0 aromatic carbocycles. The van der Waals surface area contributed by atoms with Crippen LogP contribution in [0.3, 0.4) is 0 Å². The van der Waals surface area contributed by atoms with Gasteiger partial charge in [-0.3, -0.25) is 23.4 Å². The molecule has 2 aliphatic heterocycles. The summed E-state index contributed by atoms with van der Waals surface area (Å²) in [4.78, 5) is 45.2. The highest BCUT2D eigenvalue weighted by atomic mass is 32.5. The Bertz CT molecular complexity index is 1760. The molecular weight excluding hydrogens is 625 g/mol. The highest BCUT2D eigenvalue weighted by Crippen LogP contribution is 2.54. The second kappa shape index (κ2) is 10.7. The van der Waals surface area contributed by atoms with Crippen LogP contribution in [0.15, 0.2) is 23.8 Å². The van der Waals surface area contributed by atoms with Crippen molar-refractivity contribution in [1.29, 1.82) is 0 Å². The minimum absolute atomic E-state index is 0.0149. The number of aromatic amines is 1. The van der Waals surface area contributed by atoms with E-state index in [0.717, 1.165) is 29.0 Å². The van der Waals surface area contributed by atoms with Crippen LogP contribution in [0.25, 0.3) is 22.3 Å². The van der Waals surface area contributed by atoms with Gasteiger partial charge in [-0.2, -0.15) is 4.98 Å². The van der Waals surface area contributed by atoms with Crippen LogP contribution < -0.4 is 17.0 Å². The normalized spacial score (nSPS) is 31.3. The maximum atomic E-state index is 16.0. The van der Waals surface area contributed by atoms with Crippen LogP contribution >= 0.6 is 18.5 Å². The fourth-order valence-corrected chi connectivity index (χ4v) is 7.71. The number of ether oxygens (including phenoxy) is 1. The summed E-state index contributed by atoms with van der Waals surface area (Å²) in [5, 5.41) is 18.5. The van der Waals surface area contributed by atoms with Crippen LogP contribution in [0.1, 0.15) is 5.37 Å². The molecule has 42 heavy (non-hydrogen) atoms. The number of aliphatic hydroxyl groups is 2. The van der Waals surface area contributed by atoms with Crippen LogP contribution in [0.2, 0.25) is 0 Å². The maximum absolute atomic E-state index is 16.0. The number of halogens is 2. The number of H-pyrrole nitrogens is 1. The van der Waals surface area contributed by atoms with Crippen LogP contribution in [0.4, 0.5) is 20.5 Å². The molecule has 0 bridgehead atoms. The number of aromatic nitrogens is 8. The predicted octanol–water partition coefficient (Wildman–Crippen LogP) is -0.931. The third kappa shape index (κ3) is 4.83. The molecule has 226 valence electrons. The molecule has 6 rings (SSSR count). The van der Waals surface area contributed by atoms with E-state index in [1.54, 1.807) is 0 Å². The molecule has 0 aliphatic carbocycles. The van der Waals surface area contributed by atoms with Gasteiger partial charge in [0.2, 0.25) is 11.7 Å². The monoisotopic (exact) mass is 648 g/mol. The van der Waals surface area contributed by atoms with E-state index in [-0.39, 0.29) is 34.1 Å². The van der Waals surface area contributed by atoms with Gasteiger partial charge in [0.25, 0.3) is 5.56 Å². The minimum atomic E-state index is -4.28. The Balaban J connectivity index is 1.19. The summed E-state index contributed by atoms with van der Waals surface area (Å²) >= 11 is 6.04. The molecule has 3 unspecified atom stereocenters. The van der Waals surface area contributed by atoms with E-state index in [1.165, 1.54) is 10.9 Å². The number of rotatable bonds is 8. The molecule has 6 heterocycles. The minimum Gasteiger partial charge on any atom is -0.395 e. The van der Waals surface area contributed by atoms with E-state index in [9.17, 15) is 19.9 Å². The van der Waals surface area contributed by atoms with Gasteiger partial charge in [-0.25, -0.2) is 28.7 Å². The predicted molar refractivity (Wildman–Crippen MR) is 147 cm³/mol. The zero-order chi connectivity index (χ0) is 30.0. The van der Waals surface area contributed by atoms with Gasteiger partial charge in [0.05, 0.1) is 31.1 Å². The van der Waals surface area contributed by atoms with Crippen LogP contribution in [0.5, 0.6) is 0 Å². The summed E-state index contributed by atoms with van der Waals surface area (Å²) in [6, 6.07) is 0. The van der Waals surface area contributed by atoms with Crippen LogP contribution in [-0.4, -0.2) is 104 Å². The van der Waals surface area contributed by atoms with E-state index >= 15 is 8.78 Å². The second-order valence-electron chi connectivity index (χ2n) is 9.46. The van der Waals surface area contributed by atoms with Crippen molar-refractivity contribution in [2.45, 2.75) is 40.9 Å². The number of alkyl halides is 2. The summed E-state index contributed by atoms with van der Waals surface area (Å²) in [6.07, 6.45) is -3.09. The number of nitrogens with two attached hydrogens (primary N) is 2. The molecule has 0 radical (unpaired) electrons. The van der Waals surface area contributed by atoms with Crippen molar-refractivity contribution in [1.82, 2.24) is 39.0 Å². The molecule has 2 fully saturated rings. The largest absolute Gasteiger partial charge is 0.395 e. The standard InChI is InChI=1S/C20H23F2N10O7PS2/c21-9-8(1-33)42-18(31-5-27-11-16(31)29-19(24)30-17(11)35)12(9)39-40(36,41)38-2-7-13(34)20(22,3-37-7)32-6-28-10-14(23)25-4-26-15(10)32/h4-9,12-13,18,33-34H,1-3H2,(H,36,41)(H2,23,25,26)(H3,24,29,30,35)/t7-,8-,9-,12?,13-,18-,20?,40?/m1/s1. The van der Waals surface area contributed by atoms with Gasteiger partial charge >= 0.3 is 6.72 Å². The summed E-state index contributed by atoms with van der Waals surface area (Å²) in [5.74, 6) is -2.73. The number of nitrogens with zero attached hydrogens (tertiary/aromatic N) is 7. The first-order chi connectivity index (χ1) is 19.9. The summed E-state index contributed by atoms with van der Waals surface area (Å²) in [6.45, 7) is -6.13. The third-order valence-corrected chi connectivity index (χ3v) is 9.99. The van der Waals surface area contributed by atoms with Crippen molar-refractivity contribution >= 4 is 64.4 Å². The topological polar surface area (TPSA) is 248 Å². The zero-order valence-electron chi connectivity index (χ0n) is 21.1. The van der Waals surface area contributed by atoms with Gasteiger partial charge in [-0.15, -0.1) is 11.8 Å². The third-order valence-electron chi connectivity index (χ3n) is 6.89. The van der Waals surface area contributed by atoms with Crippen molar-refractivity contribution in [3.63, 3.8) is 0 Å². The molecule has 22 heteroatoms. The number of fused-ring (bicyclic) bond motifs is 2. The van der Waals surface area contributed by atoms with E-state index < -0.39 is 73.0 Å². The number of anilines is 2. The van der Waals surface area contributed by atoms with Gasteiger partial charge in [-0.05, 0) is 11.8 Å². The van der Waals surface area contributed by atoms with E-state index in [1.807, 2.05) is 0 Å². The molecule has 8 N–H and O–H groups in total. The van der Waals surface area contributed by atoms with Gasteiger partial charge in [0, 0.05) is 0 Å². The zero-order valence-corrected chi connectivity index (χ0v) is 23.6. The van der Waals surface area contributed by atoms with Crippen molar-refractivity contribution in [2.24, 2.45) is 0 Å². The number of nitrogens with one attached hydrogen (secondary N) is 1. The number of hydrogen-bond acceptors (Lipinski definition) is 15. The smallest absolute Gasteiger partial charge is 0.325 e. The molecule has 2 aliphatic rings. The fourth-order valence-electron chi connectivity index (χ4n) is 4.82. The van der Waals surface area contributed by atoms with Gasteiger partial charge in [-0.1, -0.05) is 0 Å². The number of imidazole rings is 2. The second-order valence-corrected chi connectivity index (χ2v) is 13.6. The Labute approximate surface area is 242 Å². The highest BCUT2D eigenvalue weighted by molar-refractivity contribution is 8.07. The van der Waals surface area contributed by atoms with Crippen LogP contribution in [0, 0.1) is 0 Å². The lowest BCUT2D eigenvalue weighted by molar-refractivity contribution is -0.0462. The molecule has 17 nitrogen and oxygen atoms in total. The average Bonchev–Trinajstić information content (AvgIpc) is 3.70. The van der Waals surface area contributed by atoms with Gasteiger partial charge < -0.3 is 35.8 Å². The number of aliphatic hydroxyl groups excluding tert-OH is 2. The number of hydrogen-bond donors (Lipinski definition) is 6. The number of nitrogen functional groups attached to an aromatic ring is 2. The first-order valence-electron chi connectivity index (χ1n) is 12.1. The Hall–Kier alpha value is -2.88. The van der Waals surface area contributed by atoms with E-state index in [2.05, 4.69) is 29.9 Å². The molecule has 4 aromatic rings. The maximum Gasteiger partial charge on any atom is 0.325 e. The molecule has 0 saturated carbocycles. The van der Waals surface area contributed by atoms with Crippen LogP contribution in [-0.2, 0) is 31.4 Å². The van der Waals surface area contributed by atoms with Gasteiger partial charge in [0.15, 0.2) is 22.6 Å². The Morgan fingerprint density at radius 2 is 2.02 bits per heavy atom. The summed E-state index contributed by atoms with van der Waals surface area (Å²) in [7, 11) is 0. The Morgan fingerprint density at radius 1 is 1.26 bits per heavy atom. The van der Waals surface area contributed by atoms with Crippen molar-refractivity contribution in [3.05, 3.63) is 29.3 Å². The number of thioether (sulfide) groups is 1. The molecule has 4 aromatic heterocycles. The quantitative estimate of drug-likeness (QED) is 0.126. The average molecular weight is 649 g/mol. The lowest BCUT2D eigenvalue weighted by Gasteiger charge is -2.28. The molecule has 2 saturated heterocycles. The van der Waals surface area contributed by atoms with Crippen molar-refractivity contribution in [2.75, 3.05) is 31.3 Å². The molecule has 8 atom stereocenters. The Morgan fingerprint density at radius 3 is 2.79 bits per heavy atom. The van der Waals surface area contributed by atoms with Crippen molar-refractivity contribution < 1.29 is 37.7 Å². The first kappa shape index (κ1) is 29.2. The lowest BCUT2D eigenvalue weighted by Crippen LogP contribution is -2.43. The first-order valence-corrected chi connectivity index (χ1v) is 15.7. The fraction of sp³-hybridized carbons (Fsp3) is 0.500. The SMILES string of the molecule is Nc1nc2c(ncn2[C@@H]2S[C@H](CO)[C@@H](F)C2OP(O)(=S)OC[C@H]2OCC(F)(n3cnc4c(N)ncnc43)[C@@H]2O)c(=O)[nH]1.